The zero-order valence-electron chi connectivity index (χ0n) is 8.11. The van der Waals surface area contributed by atoms with Crippen molar-refractivity contribution >= 4 is 17.4 Å². The molecule has 0 fully saturated rings. The maximum Gasteiger partial charge on any atom is 0.151 e. The number of aromatic nitrogens is 2. The Labute approximate surface area is 88.1 Å². The number of anilines is 1. The third-order valence-electron chi connectivity index (χ3n) is 1.78. The van der Waals surface area contributed by atoms with Gasteiger partial charge in [-0.3, -0.25) is 0 Å². The van der Waals surface area contributed by atoms with E-state index >= 15 is 0 Å². The highest BCUT2D eigenvalue weighted by Crippen LogP contribution is 2.11. The Morgan fingerprint density at radius 1 is 1.57 bits per heavy atom. The summed E-state index contributed by atoms with van der Waals surface area (Å²) in [5, 5.41) is 16.6. The molecular weight excluding hydrogens is 200 g/mol. The minimum absolute atomic E-state index is 0.0301. The standard InChI is InChI=1S/C9H11ClN4/c1-7(5-11)6-14(2)9-4-3-8(10)12-13-9/h3-4,7H,6H2,1-2H3. The largest absolute Gasteiger partial charge is 0.357 e. The fourth-order valence-electron chi connectivity index (χ4n) is 1.06. The summed E-state index contributed by atoms with van der Waals surface area (Å²) >= 11 is 5.60. The van der Waals surface area contributed by atoms with Crippen LogP contribution in [0.1, 0.15) is 6.92 Å². The molecule has 1 atom stereocenters. The maximum absolute atomic E-state index is 8.64. The summed E-state index contributed by atoms with van der Waals surface area (Å²) in [6.07, 6.45) is 0. The molecule has 0 amide bonds. The molecule has 0 aliphatic carbocycles. The van der Waals surface area contributed by atoms with Crippen LogP contribution in [0.3, 0.4) is 0 Å². The molecule has 74 valence electrons. The minimum Gasteiger partial charge on any atom is -0.357 e. The van der Waals surface area contributed by atoms with Crippen LogP contribution in [0.15, 0.2) is 12.1 Å². The second kappa shape index (κ2) is 4.77. The lowest BCUT2D eigenvalue weighted by Gasteiger charge is -2.18. The number of nitrogens with zero attached hydrogens (tertiary/aromatic N) is 4. The average Bonchev–Trinajstić information content (AvgIpc) is 2.18. The van der Waals surface area contributed by atoms with Crippen molar-refractivity contribution in [3.05, 3.63) is 17.3 Å². The third-order valence-corrected chi connectivity index (χ3v) is 1.98. The van der Waals surface area contributed by atoms with E-state index in [9.17, 15) is 0 Å². The van der Waals surface area contributed by atoms with Crippen LogP contribution in [-0.4, -0.2) is 23.8 Å². The van der Waals surface area contributed by atoms with E-state index in [1.165, 1.54) is 0 Å². The van der Waals surface area contributed by atoms with Gasteiger partial charge in [0.1, 0.15) is 0 Å². The van der Waals surface area contributed by atoms with Gasteiger partial charge in [-0.2, -0.15) is 5.26 Å². The van der Waals surface area contributed by atoms with Gasteiger partial charge in [0.15, 0.2) is 11.0 Å². The summed E-state index contributed by atoms with van der Waals surface area (Å²) in [6.45, 7) is 2.49. The zero-order chi connectivity index (χ0) is 10.6. The van der Waals surface area contributed by atoms with Crippen LogP contribution in [0.25, 0.3) is 0 Å². The molecule has 0 aliphatic rings. The Morgan fingerprint density at radius 3 is 2.79 bits per heavy atom. The van der Waals surface area contributed by atoms with Gasteiger partial charge in [-0.05, 0) is 19.1 Å². The molecule has 0 aromatic carbocycles. The second-order valence-electron chi connectivity index (χ2n) is 3.12. The van der Waals surface area contributed by atoms with Crippen LogP contribution in [0.4, 0.5) is 5.82 Å². The topological polar surface area (TPSA) is 52.8 Å². The average molecular weight is 211 g/mol. The maximum atomic E-state index is 8.64. The van der Waals surface area contributed by atoms with Crippen LogP contribution in [0.2, 0.25) is 5.15 Å². The number of rotatable bonds is 3. The van der Waals surface area contributed by atoms with Crippen molar-refractivity contribution in [1.82, 2.24) is 10.2 Å². The van der Waals surface area contributed by atoms with Gasteiger partial charge in [0.2, 0.25) is 0 Å². The first-order chi connectivity index (χ1) is 6.63. The van der Waals surface area contributed by atoms with E-state index in [-0.39, 0.29) is 5.92 Å². The van der Waals surface area contributed by atoms with Crippen LogP contribution in [-0.2, 0) is 0 Å². The lowest BCUT2D eigenvalue weighted by molar-refractivity contribution is 0.705. The molecule has 1 aromatic rings. The first-order valence-corrected chi connectivity index (χ1v) is 4.61. The van der Waals surface area contributed by atoms with Gasteiger partial charge in [0, 0.05) is 13.6 Å². The number of nitriles is 1. The summed E-state index contributed by atoms with van der Waals surface area (Å²) < 4.78 is 0. The van der Waals surface area contributed by atoms with E-state index in [0.717, 1.165) is 5.82 Å². The third kappa shape index (κ3) is 2.86. The van der Waals surface area contributed by atoms with Crippen molar-refractivity contribution in [1.29, 1.82) is 5.26 Å². The summed E-state index contributed by atoms with van der Waals surface area (Å²) in [5.74, 6) is 0.689. The summed E-state index contributed by atoms with van der Waals surface area (Å²) in [7, 11) is 1.87. The predicted octanol–water partition coefficient (Wildman–Crippen LogP) is 1.73. The first-order valence-electron chi connectivity index (χ1n) is 4.23. The zero-order valence-corrected chi connectivity index (χ0v) is 8.86. The Balaban J connectivity index is 2.66. The lowest BCUT2D eigenvalue weighted by atomic mass is 10.2. The molecule has 4 nitrogen and oxygen atoms in total. The molecule has 0 saturated heterocycles. The van der Waals surface area contributed by atoms with Crippen LogP contribution in [0.5, 0.6) is 0 Å². The lowest BCUT2D eigenvalue weighted by Crippen LogP contribution is -2.24. The quantitative estimate of drug-likeness (QED) is 0.763. The van der Waals surface area contributed by atoms with E-state index in [1.54, 1.807) is 12.1 Å². The molecule has 1 rings (SSSR count). The molecule has 5 heteroatoms. The molecule has 0 radical (unpaired) electrons. The van der Waals surface area contributed by atoms with Crippen molar-refractivity contribution in [2.75, 3.05) is 18.5 Å². The minimum atomic E-state index is -0.0301. The summed E-state index contributed by atoms with van der Waals surface area (Å²) in [5.41, 5.74) is 0. The first kappa shape index (κ1) is 10.7. The fraction of sp³-hybridized carbons (Fsp3) is 0.444. The van der Waals surface area contributed by atoms with E-state index in [4.69, 9.17) is 16.9 Å². The number of hydrogen-bond acceptors (Lipinski definition) is 4. The van der Waals surface area contributed by atoms with Gasteiger partial charge in [-0.25, -0.2) is 0 Å². The Kier molecular flexibility index (Phi) is 3.66. The normalized spacial score (nSPS) is 11.9. The van der Waals surface area contributed by atoms with Gasteiger partial charge < -0.3 is 4.90 Å². The molecule has 14 heavy (non-hydrogen) atoms. The van der Waals surface area contributed by atoms with E-state index in [0.29, 0.717) is 11.7 Å². The van der Waals surface area contributed by atoms with Gasteiger partial charge >= 0.3 is 0 Å². The van der Waals surface area contributed by atoms with Gasteiger partial charge in [0.05, 0.1) is 12.0 Å². The number of halogens is 1. The second-order valence-corrected chi connectivity index (χ2v) is 3.51. The highest BCUT2D eigenvalue weighted by Gasteiger charge is 2.07. The molecule has 0 spiro atoms. The van der Waals surface area contributed by atoms with Crippen LogP contribution in [0, 0.1) is 17.2 Å². The summed E-state index contributed by atoms with van der Waals surface area (Å²) in [6, 6.07) is 5.62. The fourth-order valence-corrected chi connectivity index (χ4v) is 1.16. The van der Waals surface area contributed by atoms with Gasteiger partial charge in [-0.15, -0.1) is 10.2 Å². The van der Waals surface area contributed by atoms with Crippen LogP contribution >= 0.6 is 11.6 Å². The molecule has 0 bridgehead atoms. The molecule has 1 unspecified atom stereocenters. The van der Waals surface area contributed by atoms with E-state index in [2.05, 4.69) is 16.3 Å². The van der Waals surface area contributed by atoms with E-state index in [1.807, 2.05) is 18.9 Å². The van der Waals surface area contributed by atoms with Crippen molar-refractivity contribution in [2.24, 2.45) is 5.92 Å². The Hall–Kier alpha value is -1.34. The summed E-state index contributed by atoms with van der Waals surface area (Å²) in [4.78, 5) is 1.87. The molecule has 1 aromatic heterocycles. The Morgan fingerprint density at radius 2 is 2.29 bits per heavy atom. The van der Waals surface area contributed by atoms with Gasteiger partial charge in [0.25, 0.3) is 0 Å². The molecule has 0 aliphatic heterocycles. The van der Waals surface area contributed by atoms with Crippen molar-refractivity contribution in [3.63, 3.8) is 0 Å². The SMILES string of the molecule is CC(C#N)CN(C)c1ccc(Cl)nn1. The highest BCUT2D eigenvalue weighted by molar-refractivity contribution is 6.29. The molecular formula is C9H11ClN4. The molecule has 0 saturated carbocycles. The smallest absolute Gasteiger partial charge is 0.151 e. The number of hydrogen-bond donors (Lipinski definition) is 0. The van der Waals surface area contributed by atoms with Crippen LogP contribution < -0.4 is 4.90 Å². The van der Waals surface area contributed by atoms with Crippen molar-refractivity contribution < 1.29 is 0 Å². The monoisotopic (exact) mass is 210 g/mol. The van der Waals surface area contributed by atoms with E-state index < -0.39 is 0 Å². The molecule has 1 heterocycles. The van der Waals surface area contributed by atoms with Gasteiger partial charge in [-0.1, -0.05) is 11.6 Å². The Bertz CT molecular complexity index is 330. The van der Waals surface area contributed by atoms with Crippen molar-refractivity contribution in [3.8, 4) is 6.07 Å². The highest BCUT2D eigenvalue weighted by atomic mass is 35.5. The predicted molar refractivity (Wildman–Crippen MR) is 55.1 cm³/mol. The van der Waals surface area contributed by atoms with Crippen molar-refractivity contribution in [2.45, 2.75) is 6.92 Å². The molecule has 0 N–H and O–H groups in total.